The van der Waals surface area contributed by atoms with E-state index in [4.69, 9.17) is 19.9 Å². The average molecular weight is 333 g/mol. The highest BCUT2D eigenvalue weighted by molar-refractivity contribution is 5.80. The lowest BCUT2D eigenvalue weighted by molar-refractivity contribution is -0.548. The summed E-state index contributed by atoms with van der Waals surface area (Å²) >= 11 is 0. The Morgan fingerprint density at radius 2 is 1.96 bits per heavy atom. The van der Waals surface area contributed by atoms with E-state index in [2.05, 4.69) is 10.3 Å². The Hall–Kier alpha value is -1.05. The topological polar surface area (TPSA) is 179 Å². The van der Waals surface area contributed by atoms with E-state index in [1.54, 1.807) is 0 Å². The molecule has 1 unspecified atom stereocenters. The van der Waals surface area contributed by atoms with Gasteiger partial charge in [-0.15, -0.1) is 0 Å². The van der Waals surface area contributed by atoms with Gasteiger partial charge in [0, 0.05) is 7.11 Å². The molecule has 23 heavy (non-hydrogen) atoms. The fourth-order valence-electron chi connectivity index (χ4n) is 4.41. The van der Waals surface area contributed by atoms with Gasteiger partial charge in [0.25, 0.3) is 0 Å². The molecule has 4 aliphatic heterocycles. The Labute approximate surface area is 130 Å². The first-order chi connectivity index (χ1) is 10.7. The van der Waals surface area contributed by atoms with Gasteiger partial charge >= 0.3 is 5.97 Å². The number of guanidine groups is 1. The molecule has 0 aromatic rings. The lowest BCUT2D eigenvalue weighted by Crippen LogP contribution is -2.95. The van der Waals surface area contributed by atoms with Crippen LogP contribution >= 0.6 is 0 Å². The van der Waals surface area contributed by atoms with Crippen LogP contribution in [-0.4, -0.2) is 93.0 Å². The molecule has 4 heterocycles. The number of nitrogens with zero attached hydrogens (tertiary/aromatic N) is 1. The van der Waals surface area contributed by atoms with Crippen molar-refractivity contribution in [1.29, 1.82) is 0 Å². The van der Waals surface area contributed by atoms with Gasteiger partial charge in [-0.2, -0.15) is 0 Å². The van der Waals surface area contributed by atoms with Gasteiger partial charge in [-0.3, -0.25) is 0 Å². The van der Waals surface area contributed by atoms with Crippen LogP contribution in [0.3, 0.4) is 0 Å². The zero-order chi connectivity index (χ0) is 16.8. The SMILES string of the molecule is CO[C@H]1N=C(N)NC23[C@@H]1[C@H]1O[C@](O)(O[C@H]([C@@H]2O)[C@@]1(O)CO)[C@H]3O. The van der Waals surface area contributed by atoms with E-state index in [0.29, 0.717) is 0 Å². The number of nitrogens with one attached hydrogen (secondary N) is 1. The van der Waals surface area contributed by atoms with Crippen molar-refractivity contribution < 1.29 is 39.7 Å². The molecule has 11 nitrogen and oxygen atoms in total. The summed E-state index contributed by atoms with van der Waals surface area (Å²) in [4.78, 5) is 4.04. The average Bonchev–Trinajstić information content (AvgIpc) is 2.52. The second-order valence-corrected chi connectivity index (χ2v) is 6.43. The number of nitrogens with two attached hydrogens (primary N) is 1. The summed E-state index contributed by atoms with van der Waals surface area (Å²) in [5, 5.41) is 54.9. The van der Waals surface area contributed by atoms with Gasteiger partial charge in [0.2, 0.25) is 0 Å². The molecule has 5 aliphatic rings. The second-order valence-electron chi connectivity index (χ2n) is 6.43. The Bertz CT molecular complexity index is 577. The van der Waals surface area contributed by atoms with E-state index in [1.807, 2.05) is 0 Å². The lowest BCUT2D eigenvalue weighted by atomic mass is 9.55. The van der Waals surface area contributed by atoms with Gasteiger partial charge < -0.3 is 50.8 Å². The van der Waals surface area contributed by atoms with Crippen molar-refractivity contribution >= 4 is 5.96 Å². The zero-order valence-electron chi connectivity index (χ0n) is 12.2. The molecule has 1 spiro atoms. The molecule has 0 radical (unpaired) electrons. The van der Waals surface area contributed by atoms with Crippen LogP contribution in [0.15, 0.2) is 4.99 Å². The molecule has 130 valence electrons. The first-order valence-corrected chi connectivity index (χ1v) is 7.16. The number of methoxy groups -OCH3 is 1. The Balaban J connectivity index is 1.94. The quantitative estimate of drug-likeness (QED) is 0.259. The van der Waals surface area contributed by atoms with E-state index in [0.717, 1.165) is 0 Å². The number of aliphatic hydroxyl groups is 5. The summed E-state index contributed by atoms with van der Waals surface area (Å²) in [7, 11) is 1.34. The molecule has 0 amide bonds. The molecule has 0 aromatic carbocycles. The molecule has 1 aliphatic carbocycles. The van der Waals surface area contributed by atoms with Gasteiger partial charge in [-0.05, 0) is 0 Å². The zero-order valence-corrected chi connectivity index (χ0v) is 12.2. The summed E-state index contributed by atoms with van der Waals surface area (Å²) in [6, 6.07) is 0. The minimum Gasteiger partial charge on any atom is -0.393 e. The predicted molar refractivity (Wildman–Crippen MR) is 70.5 cm³/mol. The number of hydrogen-bond donors (Lipinski definition) is 7. The number of aliphatic imine (C=N–C) groups is 1. The minimum atomic E-state index is -2.46. The fourth-order valence-corrected chi connectivity index (χ4v) is 4.41. The molecular formula is C12H19N3O8. The number of aliphatic hydroxyl groups excluding tert-OH is 3. The van der Waals surface area contributed by atoms with Crippen molar-refractivity contribution in [2.45, 2.75) is 47.8 Å². The van der Waals surface area contributed by atoms with Crippen molar-refractivity contribution in [2.75, 3.05) is 13.7 Å². The van der Waals surface area contributed by atoms with E-state index in [9.17, 15) is 25.5 Å². The van der Waals surface area contributed by atoms with Gasteiger partial charge in [0.05, 0.1) is 12.5 Å². The summed E-state index contributed by atoms with van der Waals surface area (Å²) in [6.07, 6.45) is -6.87. The maximum Gasteiger partial charge on any atom is 0.311 e. The molecule has 8 N–H and O–H groups in total. The van der Waals surface area contributed by atoms with Crippen molar-refractivity contribution in [3.8, 4) is 0 Å². The maximum absolute atomic E-state index is 10.8. The third kappa shape index (κ3) is 1.49. The van der Waals surface area contributed by atoms with Crippen LogP contribution in [0.4, 0.5) is 0 Å². The standard InChI is InChI=1S/C12H19N3O8/c1-21-7-3-5-10(19,2-16)6-4(17)11(3,15-9(13)14-7)8(18)12(20,22-5)23-6/h3-8,16-20H,2H2,1H3,(H3,13,14,15)/t3-,4+,5-,6-,7-,8+,10-,11?,12+/m1/s1. The Morgan fingerprint density at radius 1 is 1.30 bits per heavy atom. The van der Waals surface area contributed by atoms with Crippen LogP contribution in [0.5, 0.6) is 0 Å². The van der Waals surface area contributed by atoms with Gasteiger partial charge in [0.1, 0.15) is 29.5 Å². The Morgan fingerprint density at radius 3 is 2.57 bits per heavy atom. The highest BCUT2D eigenvalue weighted by Gasteiger charge is 2.83. The predicted octanol–water partition coefficient (Wildman–Crippen LogP) is -4.87. The van der Waals surface area contributed by atoms with E-state index < -0.39 is 60.3 Å². The molecule has 0 aromatic heterocycles. The largest absolute Gasteiger partial charge is 0.393 e. The van der Waals surface area contributed by atoms with Crippen LogP contribution in [0.1, 0.15) is 0 Å². The molecule has 5 rings (SSSR count). The Kier molecular flexibility index (Phi) is 2.90. The minimum absolute atomic E-state index is 0.107. The number of ether oxygens (including phenoxy) is 3. The normalized spacial score (nSPS) is 60.2. The number of rotatable bonds is 2. The van der Waals surface area contributed by atoms with Crippen molar-refractivity contribution in [2.24, 2.45) is 16.6 Å². The molecule has 11 heteroatoms. The monoisotopic (exact) mass is 333 g/mol. The van der Waals surface area contributed by atoms with Crippen molar-refractivity contribution in [1.82, 2.24) is 5.32 Å². The van der Waals surface area contributed by atoms with Crippen LogP contribution in [-0.2, 0) is 14.2 Å². The maximum atomic E-state index is 10.8. The van der Waals surface area contributed by atoms with Crippen LogP contribution in [0.2, 0.25) is 0 Å². The van der Waals surface area contributed by atoms with E-state index in [1.165, 1.54) is 7.11 Å². The molecule has 4 bridgehead atoms. The molecule has 1 saturated carbocycles. The molecule has 9 atom stereocenters. The van der Waals surface area contributed by atoms with Crippen LogP contribution in [0, 0.1) is 5.92 Å². The van der Waals surface area contributed by atoms with Crippen molar-refractivity contribution in [3.63, 3.8) is 0 Å². The van der Waals surface area contributed by atoms with Crippen LogP contribution < -0.4 is 11.1 Å². The van der Waals surface area contributed by atoms with Crippen LogP contribution in [0.25, 0.3) is 0 Å². The lowest BCUT2D eigenvalue weighted by Gasteiger charge is -2.71. The summed E-state index contributed by atoms with van der Waals surface area (Å²) in [5.74, 6) is -3.51. The highest BCUT2D eigenvalue weighted by atomic mass is 16.9. The molecular weight excluding hydrogens is 314 g/mol. The van der Waals surface area contributed by atoms with Crippen molar-refractivity contribution in [3.05, 3.63) is 0 Å². The van der Waals surface area contributed by atoms with E-state index >= 15 is 0 Å². The van der Waals surface area contributed by atoms with E-state index in [-0.39, 0.29) is 5.96 Å². The van der Waals surface area contributed by atoms with Gasteiger partial charge in [0.15, 0.2) is 18.3 Å². The summed E-state index contributed by atoms with van der Waals surface area (Å²) in [6.45, 7) is -0.798. The summed E-state index contributed by atoms with van der Waals surface area (Å²) in [5.41, 5.74) is 2.10. The third-order valence-electron chi connectivity index (χ3n) is 5.44. The van der Waals surface area contributed by atoms with Gasteiger partial charge in [-0.1, -0.05) is 0 Å². The smallest absolute Gasteiger partial charge is 0.311 e. The molecule has 3 saturated heterocycles. The summed E-state index contributed by atoms with van der Waals surface area (Å²) < 4.78 is 15.7. The molecule has 4 fully saturated rings. The highest BCUT2D eigenvalue weighted by Crippen LogP contribution is 2.58. The fraction of sp³-hybridized carbons (Fsp3) is 0.917. The second kappa shape index (κ2) is 4.32. The van der Waals surface area contributed by atoms with Gasteiger partial charge in [-0.25, -0.2) is 4.99 Å². The number of hydrogen-bond acceptors (Lipinski definition) is 11. The first kappa shape index (κ1) is 15.5. The third-order valence-corrected chi connectivity index (χ3v) is 5.44. The first-order valence-electron chi connectivity index (χ1n) is 7.16.